The largest absolute Gasteiger partial charge is 0.354 e. The lowest BCUT2D eigenvalue weighted by atomic mass is 9.98. The summed E-state index contributed by atoms with van der Waals surface area (Å²) in [6.45, 7) is 3.79. The molecule has 212 valence electrons. The second-order valence-corrected chi connectivity index (χ2v) is 11.1. The van der Waals surface area contributed by atoms with E-state index in [-0.39, 0.29) is 11.8 Å². The molecule has 1 saturated heterocycles. The van der Waals surface area contributed by atoms with Crippen molar-refractivity contribution in [3.8, 4) is 0 Å². The monoisotopic (exact) mass is 556 g/mol. The van der Waals surface area contributed by atoms with E-state index in [1.165, 1.54) is 24.8 Å². The first-order chi connectivity index (χ1) is 20.5. The van der Waals surface area contributed by atoms with E-state index in [2.05, 4.69) is 39.8 Å². The summed E-state index contributed by atoms with van der Waals surface area (Å²) in [7, 11) is 1.79. The summed E-state index contributed by atoms with van der Waals surface area (Å²) in [5, 5.41) is 6.56. The van der Waals surface area contributed by atoms with Crippen molar-refractivity contribution in [2.45, 2.75) is 32.4 Å². The molecule has 1 fully saturated rings. The van der Waals surface area contributed by atoms with Gasteiger partial charge in [0.25, 0.3) is 11.8 Å². The number of fused-ring (bicyclic) bond motifs is 1. The van der Waals surface area contributed by atoms with Gasteiger partial charge in [-0.2, -0.15) is 0 Å². The predicted octanol–water partition coefficient (Wildman–Crippen LogP) is 6.88. The standard InChI is InChI=1S/C36H36N4O2/c1-39(24-26-11-5-2-6-12-26)36(42)29-17-20-31-32(23-29)38-35(41)33(31)34(28-13-7-3-8-14-28)37-30-18-15-27(16-19-30)25-40-21-9-4-10-22-40/h2-3,5-8,11-20,23,37H,4,9-10,21-22,24-25H2,1H3,(H,38,41). The second-order valence-electron chi connectivity index (χ2n) is 11.1. The minimum Gasteiger partial charge on any atom is -0.354 e. The Kier molecular flexibility index (Phi) is 8.15. The molecule has 0 spiro atoms. The Hall–Kier alpha value is -4.68. The molecule has 4 aromatic rings. The third-order valence-corrected chi connectivity index (χ3v) is 8.01. The van der Waals surface area contributed by atoms with Crippen molar-refractivity contribution in [1.29, 1.82) is 0 Å². The van der Waals surface area contributed by atoms with Gasteiger partial charge in [-0.05, 0) is 66.9 Å². The Morgan fingerprint density at radius 3 is 2.21 bits per heavy atom. The molecule has 2 N–H and O–H groups in total. The molecule has 6 rings (SSSR count). The van der Waals surface area contributed by atoms with Gasteiger partial charge in [-0.15, -0.1) is 0 Å². The molecule has 6 heteroatoms. The van der Waals surface area contributed by atoms with Crippen LogP contribution in [-0.2, 0) is 17.9 Å². The normalized spacial score (nSPS) is 16.0. The smallest absolute Gasteiger partial charge is 0.258 e. The van der Waals surface area contributed by atoms with Crippen molar-refractivity contribution >= 4 is 34.5 Å². The zero-order valence-electron chi connectivity index (χ0n) is 24.0. The average molecular weight is 557 g/mol. The van der Waals surface area contributed by atoms with Crippen LogP contribution in [0.25, 0.3) is 11.3 Å². The van der Waals surface area contributed by atoms with Crippen LogP contribution in [0.1, 0.15) is 51.9 Å². The van der Waals surface area contributed by atoms with E-state index in [0.29, 0.717) is 23.4 Å². The van der Waals surface area contributed by atoms with Crippen molar-refractivity contribution in [3.63, 3.8) is 0 Å². The molecule has 0 radical (unpaired) electrons. The second kappa shape index (κ2) is 12.5. The highest BCUT2D eigenvalue weighted by Crippen LogP contribution is 2.38. The highest BCUT2D eigenvalue weighted by molar-refractivity contribution is 6.37. The van der Waals surface area contributed by atoms with E-state index in [4.69, 9.17) is 0 Å². The van der Waals surface area contributed by atoms with Crippen molar-refractivity contribution < 1.29 is 9.59 Å². The molecule has 4 aromatic carbocycles. The van der Waals surface area contributed by atoms with Gasteiger partial charge in [0.2, 0.25) is 0 Å². The number of carbonyl (C=O) groups is 2. The van der Waals surface area contributed by atoms with Crippen molar-refractivity contribution in [2.24, 2.45) is 0 Å². The van der Waals surface area contributed by atoms with Gasteiger partial charge < -0.3 is 15.5 Å². The number of hydrogen-bond donors (Lipinski definition) is 2. The molecule has 2 heterocycles. The summed E-state index contributed by atoms with van der Waals surface area (Å²) < 4.78 is 0. The summed E-state index contributed by atoms with van der Waals surface area (Å²) in [5.74, 6) is -0.292. The van der Waals surface area contributed by atoms with E-state index in [1.807, 2.05) is 66.7 Å². The lowest BCUT2D eigenvalue weighted by Crippen LogP contribution is -2.29. The number of rotatable bonds is 8. The molecule has 6 nitrogen and oxygen atoms in total. The number of likely N-dealkylation sites (tertiary alicyclic amines) is 1. The van der Waals surface area contributed by atoms with Crippen LogP contribution in [0.15, 0.2) is 103 Å². The SMILES string of the molecule is CN(Cc1ccccc1)C(=O)c1ccc2c(c1)NC(=O)C2=C(Nc1ccc(CN2CCCCC2)cc1)c1ccccc1. The summed E-state index contributed by atoms with van der Waals surface area (Å²) in [6, 6.07) is 33.8. The Morgan fingerprint density at radius 2 is 1.50 bits per heavy atom. The molecule has 2 aliphatic heterocycles. The van der Waals surface area contributed by atoms with Gasteiger partial charge in [-0.25, -0.2) is 0 Å². The Bertz CT molecular complexity index is 1590. The molecule has 0 unspecified atom stereocenters. The first-order valence-electron chi connectivity index (χ1n) is 14.7. The van der Waals surface area contributed by atoms with Crippen LogP contribution >= 0.6 is 0 Å². The summed E-state index contributed by atoms with van der Waals surface area (Å²) >= 11 is 0. The van der Waals surface area contributed by atoms with Crippen LogP contribution < -0.4 is 10.6 Å². The quantitative estimate of drug-likeness (QED) is 0.232. The number of nitrogens with zero attached hydrogens (tertiary/aromatic N) is 2. The van der Waals surface area contributed by atoms with Gasteiger partial charge in [0.15, 0.2) is 0 Å². The fourth-order valence-corrected chi connectivity index (χ4v) is 5.80. The number of hydrogen-bond acceptors (Lipinski definition) is 4. The Morgan fingerprint density at radius 1 is 0.810 bits per heavy atom. The van der Waals surface area contributed by atoms with Crippen molar-refractivity contribution in [2.75, 3.05) is 30.8 Å². The van der Waals surface area contributed by atoms with Gasteiger partial charge >= 0.3 is 0 Å². The molecule has 0 atom stereocenters. The van der Waals surface area contributed by atoms with E-state index >= 15 is 0 Å². The summed E-state index contributed by atoms with van der Waals surface area (Å²) in [4.78, 5) is 30.9. The highest BCUT2D eigenvalue weighted by atomic mass is 16.2. The fourth-order valence-electron chi connectivity index (χ4n) is 5.80. The molecular formula is C36H36N4O2. The van der Waals surface area contributed by atoms with Crippen LogP contribution in [0.2, 0.25) is 0 Å². The minimum atomic E-state index is -0.194. The van der Waals surface area contributed by atoms with Crippen molar-refractivity contribution in [3.05, 3.63) is 131 Å². The lowest BCUT2D eigenvalue weighted by Gasteiger charge is -2.26. The molecule has 42 heavy (non-hydrogen) atoms. The number of piperidine rings is 1. The number of amides is 2. The number of benzene rings is 4. The average Bonchev–Trinajstić information content (AvgIpc) is 3.36. The van der Waals surface area contributed by atoms with Crippen LogP contribution in [-0.4, -0.2) is 41.8 Å². The van der Waals surface area contributed by atoms with Crippen LogP contribution in [0.3, 0.4) is 0 Å². The van der Waals surface area contributed by atoms with Crippen LogP contribution in [0.5, 0.6) is 0 Å². The number of nitrogens with one attached hydrogen (secondary N) is 2. The van der Waals surface area contributed by atoms with Gasteiger partial charge in [-0.3, -0.25) is 14.5 Å². The molecular weight excluding hydrogens is 520 g/mol. The number of carbonyl (C=O) groups excluding carboxylic acids is 2. The van der Waals surface area contributed by atoms with Gasteiger partial charge in [-0.1, -0.05) is 85.3 Å². The minimum absolute atomic E-state index is 0.0978. The maximum absolute atomic E-state index is 13.5. The Labute approximate surface area is 247 Å². The molecule has 0 aromatic heterocycles. The van der Waals surface area contributed by atoms with E-state index in [1.54, 1.807) is 24.1 Å². The third-order valence-electron chi connectivity index (χ3n) is 8.01. The predicted molar refractivity (Wildman–Crippen MR) is 170 cm³/mol. The maximum atomic E-state index is 13.5. The first-order valence-corrected chi connectivity index (χ1v) is 14.7. The zero-order chi connectivity index (χ0) is 28.9. The molecule has 0 saturated carbocycles. The first kappa shape index (κ1) is 27.5. The summed E-state index contributed by atoms with van der Waals surface area (Å²) in [5.41, 5.74) is 7.42. The van der Waals surface area contributed by atoms with Gasteiger partial charge in [0.05, 0.1) is 11.3 Å². The maximum Gasteiger partial charge on any atom is 0.258 e. The van der Waals surface area contributed by atoms with E-state index in [9.17, 15) is 9.59 Å². The van der Waals surface area contributed by atoms with Crippen molar-refractivity contribution in [1.82, 2.24) is 9.80 Å². The molecule has 0 aliphatic carbocycles. The molecule has 2 aliphatic rings. The van der Waals surface area contributed by atoms with E-state index in [0.717, 1.165) is 47.7 Å². The number of anilines is 2. The van der Waals surface area contributed by atoms with E-state index < -0.39 is 0 Å². The van der Waals surface area contributed by atoms with Gasteiger partial charge in [0, 0.05) is 42.6 Å². The lowest BCUT2D eigenvalue weighted by molar-refractivity contribution is -0.110. The van der Waals surface area contributed by atoms with Crippen LogP contribution in [0.4, 0.5) is 11.4 Å². The molecule has 2 amide bonds. The van der Waals surface area contributed by atoms with Crippen LogP contribution in [0, 0.1) is 0 Å². The molecule has 0 bridgehead atoms. The fraction of sp³-hybridized carbons (Fsp3) is 0.222. The van der Waals surface area contributed by atoms with Gasteiger partial charge in [0.1, 0.15) is 0 Å². The topological polar surface area (TPSA) is 64.7 Å². The zero-order valence-corrected chi connectivity index (χ0v) is 24.0. The highest BCUT2D eigenvalue weighted by Gasteiger charge is 2.29. The third kappa shape index (κ3) is 6.14. The Balaban J connectivity index is 1.27. The summed E-state index contributed by atoms with van der Waals surface area (Å²) in [6.07, 6.45) is 3.88.